The number of rotatable bonds is 4. The number of nitrogens with one attached hydrogen (secondary N) is 1. The van der Waals surface area contributed by atoms with E-state index >= 15 is 0 Å². The minimum Gasteiger partial charge on any atom is -0.310 e. The molecule has 16 heavy (non-hydrogen) atoms. The Hall–Kier alpha value is -0.0500. The van der Waals surface area contributed by atoms with Crippen LogP contribution in [0.1, 0.15) is 49.6 Å². The Bertz CT molecular complexity index is 346. The summed E-state index contributed by atoms with van der Waals surface area (Å²) in [6.45, 7) is 5.67. The number of hydrogen-bond donors (Lipinski definition) is 1. The van der Waals surface area contributed by atoms with Gasteiger partial charge in [-0.05, 0) is 49.8 Å². The van der Waals surface area contributed by atoms with Crippen LogP contribution in [0.4, 0.5) is 0 Å². The van der Waals surface area contributed by atoms with Crippen molar-refractivity contribution >= 4 is 22.9 Å². The fraction of sp³-hybridized carbons (Fsp3) is 0.692. The predicted molar refractivity (Wildman–Crippen MR) is 72.5 cm³/mol. The summed E-state index contributed by atoms with van der Waals surface area (Å²) in [5, 5.41) is 3.67. The maximum absolute atomic E-state index is 6.09. The molecule has 0 aliphatic heterocycles. The van der Waals surface area contributed by atoms with E-state index in [-0.39, 0.29) is 0 Å². The molecule has 0 bridgehead atoms. The molecule has 1 aromatic heterocycles. The summed E-state index contributed by atoms with van der Waals surface area (Å²) in [6.07, 6.45) is 5.03. The zero-order chi connectivity index (χ0) is 11.5. The van der Waals surface area contributed by atoms with E-state index in [9.17, 15) is 0 Å². The largest absolute Gasteiger partial charge is 0.310 e. The van der Waals surface area contributed by atoms with Crippen molar-refractivity contribution < 1.29 is 0 Å². The van der Waals surface area contributed by atoms with Crippen molar-refractivity contribution in [2.24, 2.45) is 5.92 Å². The van der Waals surface area contributed by atoms with E-state index in [4.69, 9.17) is 11.6 Å². The van der Waals surface area contributed by atoms with Gasteiger partial charge >= 0.3 is 0 Å². The summed E-state index contributed by atoms with van der Waals surface area (Å²) in [5.74, 6) is 0.779. The molecule has 0 aromatic carbocycles. The van der Waals surface area contributed by atoms with Gasteiger partial charge in [0, 0.05) is 10.9 Å². The second kappa shape index (κ2) is 5.52. The molecule has 0 spiro atoms. The molecule has 1 aromatic rings. The van der Waals surface area contributed by atoms with Gasteiger partial charge in [-0.3, -0.25) is 0 Å². The van der Waals surface area contributed by atoms with E-state index in [2.05, 4.69) is 25.2 Å². The summed E-state index contributed by atoms with van der Waals surface area (Å²) >= 11 is 7.85. The van der Waals surface area contributed by atoms with Crippen molar-refractivity contribution in [1.29, 1.82) is 0 Å². The van der Waals surface area contributed by atoms with E-state index < -0.39 is 0 Å². The molecule has 0 saturated heterocycles. The number of thiophene rings is 1. The van der Waals surface area contributed by atoms with E-state index in [1.807, 2.05) is 0 Å². The van der Waals surface area contributed by atoms with Crippen LogP contribution in [0, 0.1) is 5.92 Å². The number of halogens is 1. The van der Waals surface area contributed by atoms with Crippen LogP contribution in [0.2, 0.25) is 4.34 Å². The molecular formula is C13H20ClNS. The molecule has 1 nitrogen and oxygen atoms in total. The minimum atomic E-state index is 0.547. The van der Waals surface area contributed by atoms with Crippen LogP contribution in [0.5, 0.6) is 0 Å². The first kappa shape index (κ1) is 12.4. The summed E-state index contributed by atoms with van der Waals surface area (Å²) in [5.41, 5.74) is 1.46. The maximum atomic E-state index is 6.09. The smallest absolute Gasteiger partial charge is 0.0934 e. The SMILES string of the molecule is CC(C)CCNC1CCCc2sc(Cl)cc21. The zero-order valence-corrected chi connectivity index (χ0v) is 11.6. The molecule has 1 N–H and O–H groups in total. The molecule has 1 aliphatic carbocycles. The van der Waals surface area contributed by atoms with Crippen molar-refractivity contribution in [3.8, 4) is 0 Å². The Morgan fingerprint density at radius 2 is 2.38 bits per heavy atom. The molecule has 1 aliphatic rings. The Kier molecular flexibility index (Phi) is 4.28. The van der Waals surface area contributed by atoms with Gasteiger partial charge < -0.3 is 5.32 Å². The lowest BCUT2D eigenvalue weighted by Gasteiger charge is -2.24. The lowest BCUT2D eigenvalue weighted by Crippen LogP contribution is -2.25. The minimum absolute atomic E-state index is 0.547. The molecule has 0 fully saturated rings. The quantitative estimate of drug-likeness (QED) is 0.842. The normalized spacial score (nSPS) is 20.1. The Morgan fingerprint density at radius 1 is 1.56 bits per heavy atom. The Balaban J connectivity index is 1.96. The van der Waals surface area contributed by atoms with Crippen molar-refractivity contribution in [2.75, 3.05) is 6.54 Å². The van der Waals surface area contributed by atoms with Crippen LogP contribution < -0.4 is 5.32 Å². The predicted octanol–water partition coefficient (Wildman–Crippen LogP) is 4.41. The summed E-state index contributed by atoms with van der Waals surface area (Å²) in [7, 11) is 0. The van der Waals surface area contributed by atoms with Gasteiger partial charge in [0.1, 0.15) is 0 Å². The first-order valence-corrected chi connectivity index (χ1v) is 7.37. The fourth-order valence-electron chi connectivity index (χ4n) is 2.28. The highest BCUT2D eigenvalue weighted by molar-refractivity contribution is 7.16. The lowest BCUT2D eigenvalue weighted by atomic mass is 9.94. The first-order valence-electron chi connectivity index (χ1n) is 6.18. The van der Waals surface area contributed by atoms with Gasteiger partial charge in [-0.2, -0.15) is 0 Å². The van der Waals surface area contributed by atoms with E-state index in [1.165, 1.54) is 36.1 Å². The average Bonchev–Trinajstić information content (AvgIpc) is 2.58. The van der Waals surface area contributed by atoms with E-state index in [0.29, 0.717) is 6.04 Å². The molecule has 0 radical (unpaired) electrons. The average molecular weight is 258 g/mol. The van der Waals surface area contributed by atoms with Gasteiger partial charge in [0.2, 0.25) is 0 Å². The molecule has 0 amide bonds. The molecule has 1 heterocycles. The highest BCUT2D eigenvalue weighted by atomic mass is 35.5. The van der Waals surface area contributed by atoms with Crippen LogP contribution in [0.15, 0.2) is 6.07 Å². The highest BCUT2D eigenvalue weighted by Crippen LogP contribution is 2.37. The first-order chi connectivity index (χ1) is 7.66. The molecular weight excluding hydrogens is 238 g/mol. The standard InChI is InChI=1S/C13H20ClNS/c1-9(2)6-7-15-11-4-3-5-12-10(11)8-13(14)16-12/h8-9,11,15H,3-7H2,1-2H3. The topological polar surface area (TPSA) is 12.0 Å². The monoisotopic (exact) mass is 257 g/mol. The van der Waals surface area contributed by atoms with Gasteiger partial charge in [0.05, 0.1) is 4.34 Å². The van der Waals surface area contributed by atoms with Gasteiger partial charge in [-0.15, -0.1) is 11.3 Å². The van der Waals surface area contributed by atoms with Gasteiger partial charge in [0.15, 0.2) is 0 Å². The summed E-state index contributed by atoms with van der Waals surface area (Å²) in [6, 6.07) is 2.71. The van der Waals surface area contributed by atoms with Gasteiger partial charge in [0.25, 0.3) is 0 Å². The Morgan fingerprint density at radius 3 is 3.12 bits per heavy atom. The number of fused-ring (bicyclic) bond motifs is 1. The van der Waals surface area contributed by atoms with Crippen LogP contribution in [0.25, 0.3) is 0 Å². The van der Waals surface area contributed by atoms with Crippen LogP contribution in [0.3, 0.4) is 0 Å². The summed E-state index contributed by atoms with van der Waals surface area (Å²) < 4.78 is 0.947. The third-order valence-corrected chi connectivity index (χ3v) is 4.54. The van der Waals surface area contributed by atoms with Gasteiger partial charge in [-0.25, -0.2) is 0 Å². The van der Waals surface area contributed by atoms with E-state index in [1.54, 1.807) is 11.3 Å². The molecule has 1 unspecified atom stereocenters. The van der Waals surface area contributed by atoms with Crippen LogP contribution in [-0.4, -0.2) is 6.54 Å². The zero-order valence-electron chi connectivity index (χ0n) is 10.1. The molecule has 0 saturated carbocycles. The maximum Gasteiger partial charge on any atom is 0.0934 e. The molecule has 90 valence electrons. The van der Waals surface area contributed by atoms with E-state index in [0.717, 1.165) is 16.8 Å². The van der Waals surface area contributed by atoms with Crippen LogP contribution in [-0.2, 0) is 6.42 Å². The van der Waals surface area contributed by atoms with Crippen molar-refractivity contribution in [3.63, 3.8) is 0 Å². The lowest BCUT2D eigenvalue weighted by molar-refractivity contribution is 0.436. The van der Waals surface area contributed by atoms with Crippen molar-refractivity contribution in [3.05, 3.63) is 20.8 Å². The Labute approximate surface area is 107 Å². The number of aryl methyl sites for hydroxylation is 1. The third kappa shape index (κ3) is 2.99. The second-order valence-corrected chi connectivity index (χ2v) is 6.78. The fourth-order valence-corrected chi connectivity index (χ4v) is 3.66. The number of hydrogen-bond acceptors (Lipinski definition) is 2. The third-order valence-electron chi connectivity index (χ3n) is 3.20. The second-order valence-electron chi connectivity index (χ2n) is 5.01. The van der Waals surface area contributed by atoms with Crippen molar-refractivity contribution in [1.82, 2.24) is 5.32 Å². The van der Waals surface area contributed by atoms with Gasteiger partial charge in [-0.1, -0.05) is 25.4 Å². The molecule has 2 rings (SSSR count). The summed E-state index contributed by atoms with van der Waals surface area (Å²) in [4.78, 5) is 1.50. The van der Waals surface area contributed by atoms with Crippen LogP contribution >= 0.6 is 22.9 Å². The highest BCUT2D eigenvalue weighted by Gasteiger charge is 2.21. The molecule has 3 heteroatoms. The molecule has 1 atom stereocenters. The van der Waals surface area contributed by atoms with Crippen molar-refractivity contribution in [2.45, 2.75) is 45.6 Å².